The van der Waals surface area contributed by atoms with Gasteiger partial charge < -0.3 is 11.1 Å². The molecule has 3 N–H and O–H groups in total. The SMILES string of the molecule is NC1CC1NC(=O)c1csc(I)c1. The zero-order valence-electron chi connectivity index (χ0n) is 6.79. The first-order chi connectivity index (χ1) is 6.16. The average molecular weight is 308 g/mol. The number of carbonyl (C=O) groups is 1. The van der Waals surface area contributed by atoms with Gasteiger partial charge in [-0.05, 0) is 35.1 Å². The fraction of sp³-hybridized carbons (Fsp3) is 0.375. The van der Waals surface area contributed by atoms with Crippen molar-refractivity contribution in [2.24, 2.45) is 5.73 Å². The van der Waals surface area contributed by atoms with Gasteiger partial charge in [0.1, 0.15) is 0 Å². The second-order valence-corrected chi connectivity index (χ2v) is 5.92. The molecular formula is C8H9IN2OS. The number of nitrogens with one attached hydrogen (secondary N) is 1. The van der Waals surface area contributed by atoms with Crippen molar-refractivity contribution in [2.45, 2.75) is 18.5 Å². The highest BCUT2D eigenvalue weighted by molar-refractivity contribution is 14.1. The fourth-order valence-corrected chi connectivity index (χ4v) is 2.39. The van der Waals surface area contributed by atoms with Crippen molar-refractivity contribution in [3.63, 3.8) is 0 Å². The molecule has 1 aromatic heterocycles. The van der Waals surface area contributed by atoms with E-state index in [1.54, 1.807) is 11.3 Å². The first-order valence-corrected chi connectivity index (χ1v) is 5.93. The Labute approximate surface area is 93.8 Å². The molecule has 0 radical (unpaired) electrons. The molecule has 13 heavy (non-hydrogen) atoms. The van der Waals surface area contributed by atoms with Gasteiger partial charge in [0.2, 0.25) is 0 Å². The fourth-order valence-electron chi connectivity index (χ4n) is 1.06. The molecular weight excluding hydrogens is 299 g/mol. The van der Waals surface area contributed by atoms with Gasteiger partial charge in [0, 0.05) is 17.5 Å². The number of amides is 1. The highest BCUT2D eigenvalue weighted by atomic mass is 127. The normalized spacial score (nSPS) is 25.7. The van der Waals surface area contributed by atoms with Crippen molar-refractivity contribution in [1.29, 1.82) is 0 Å². The Balaban J connectivity index is 1.97. The molecule has 70 valence electrons. The maximum absolute atomic E-state index is 11.5. The van der Waals surface area contributed by atoms with Crippen LogP contribution in [0, 0.1) is 2.88 Å². The van der Waals surface area contributed by atoms with E-state index in [9.17, 15) is 4.79 Å². The summed E-state index contributed by atoms with van der Waals surface area (Å²) in [6.07, 6.45) is 0.910. The van der Waals surface area contributed by atoms with Gasteiger partial charge in [-0.15, -0.1) is 11.3 Å². The van der Waals surface area contributed by atoms with E-state index in [2.05, 4.69) is 27.9 Å². The van der Waals surface area contributed by atoms with Crippen LogP contribution in [0.1, 0.15) is 16.8 Å². The van der Waals surface area contributed by atoms with Crippen LogP contribution in [0.15, 0.2) is 11.4 Å². The molecule has 2 rings (SSSR count). The third kappa shape index (κ3) is 2.21. The highest BCUT2D eigenvalue weighted by Crippen LogP contribution is 2.20. The Morgan fingerprint density at radius 1 is 1.77 bits per heavy atom. The van der Waals surface area contributed by atoms with Crippen molar-refractivity contribution in [3.8, 4) is 0 Å². The van der Waals surface area contributed by atoms with Crippen LogP contribution in [-0.4, -0.2) is 18.0 Å². The van der Waals surface area contributed by atoms with Gasteiger partial charge in [-0.3, -0.25) is 4.79 Å². The molecule has 2 atom stereocenters. The molecule has 1 fully saturated rings. The molecule has 1 aliphatic rings. The van der Waals surface area contributed by atoms with Crippen LogP contribution in [-0.2, 0) is 0 Å². The number of carbonyl (C=O) groups excluding carboxylic acids is 1. The van der Waals surface area contributed by atoms with E-state index in [1.165, 1.54) is 0 Å². The third-order valence-corrected chi connectivity index (χ3v) is 3.77. The first kappa shape index (κ1) is 9.42. The summed E-state index contributed by atoms with van der Waals surface area (Å²) in [7, 11) is 0. The second-order valence-electron chi connectivity index (χ2n) is 3.12. The van der Waals surface area contributed by atoms with Crippen molar-refractivity contribution in [3.05, 3.63) is 19.9 Å². The summed E-state index contributed by atoms with van der Waals surface area (Å²) in [6.45, 7) is 0. The number of hydrogen-bond acceptors (Lipinski definition) is 3. The number of halogens is 1. The summed E-state index contributed by atoms with van der Waals surface area (Å²) >= 11 is 3.78. The summed E-state index contributed by atoms with van der Waals surface area (Å²) in [5, 5.41) is 4.74. The number of thiophene rings is 1. The summed E-state index contributed by atoms with van der Waals surface area (Å²) in [6, 6.07) is 2.25. The molecule has 1 heterocycles. The van der Waals surface area contributed by atoms with E-state index >= 15 is 0 Å². The third-order valence-electron chi connectivity index (χ3n) is 1.99. The molecule has 2 unspecified atom stereocenters. The topological polar surface area (TPSA) is 55.1 Å². The lowest BCUT2D eigenvalue weighted by atomic mass is 10.3. The molecule has 5 heteroatoms. The Hall–Kier alpha value is -0.140. The highest BCUT2D eigenvalue weighted by Gasteiger charge is 2.34. The Morgan fingerprint density at radius 3 is 2.92 bits per heavy atom. The minimum atomic E-state index is -0.00267. The Bertz CT molecular complexity index is 339. The molecule has 1 amide bonds. The lowest BCUT2D eigenvalue weighted by Gasteiger charge is -1.99. The average Bonchev–Trinajstić information content (AvgIpc) is 2.62. The van der Waals surface area contributed by atoms with Crippen LogP contribution >= 0.6 is 33.9 Å². The number of nitrogens with two attached hydrogens (primary N) is 1. The van der Waals surface area contributed by atoms with Crippen molar-refractivity contribution >= 4 is 39.8 Å². The van der Waals surface area contributed by atoms with Gasteiger partial charge in [0.05, 0.1) is 8.45 Å². The summed E-state index contributed by atoms with van der Waals surface area (Å²) in [4.78, 5) is 11.5. The van der Waals surface area contributed by atoms with Gasteiger partial charge in [-0.1, -0.05) is 0 Å². The van der Waals surface area contributed by atoms with E-state index < -0.39 is 0 Å². The zero-order valence-corrected chi connectivity index (χ0v) is 9.76. The molecule has 0 bridgehead atoms. The minimum absolute atomic E-state index is 0.00267. The van der Waals surface area contributed by atoms with E-state index in [0.717, 1.165) is 14.9 Å². The maximum atomic E-state index is 11.5. The molecule has 1 aliphatic carbocycles. The standard InChI is InChI=1S/C8H9IN2OS/c9-7-1-4(3-13-7)8(12)11-6-2-5(6)10/h1,3,5-6H,2,10H2,(H,11,12). The first-order valence-electron chi connectivity index (χ1n) is 3.97. The summed E-state index contributed by atoms with van der Waals surface area (Å²) in [5.41, 5.74) is 6.33. The lowest BCUT2D eigenvalue weighted by Crippen LogP contribution is -2.29. The van der Waals surface area contributed by atoms with Crippen molar-refractivity contribution in [2.75, 3.05) is 0 Å². The number of hydrogen-bond donors (Lipinski definition) is 2. The van der Waals surface area contributed by atoms with E-state index in [4.69, 9.17) is 5.73 Å². The number of rotatable bonds is 2. The molecule has 1 aromatic rings. The Kier molecular flexibility index (Phi) is 2.57. The summed E-state index contributed by atoms with van der Waals surface area (Å²) < 4.78 is 1.13. The molecule has 0 aliphatic heterocycles. The van der Waals surface area contributed by atoms with Crippen LogP contribution in [0.5, 0.6) is 0 Å². The van der Waals surface area contributed by atoms with E-state index in [-0.39, 0.29) is 18.0 Å². The van der Waals surface area contributed by atoms with E-state index in [1.807, 2.05) is 11.4 Å². The van der Waals surface area contributed by atoms with Gasteiger partial charge in [-0.2, -0.15) is 0 Å². The van der Waals surface area contributed by atoms with Crippen LogP contribution in [0.4, 0.5) is 0 Å². The molecule has 0 spiro atoms. The monoisotopic (exact) mass is 308 g/mol. The van der Waals surface area contributed by atoms with Crippen LogP contribution in [0.2, 0.25) is 0 Å². The quantitative estimate of drug-likeness (QED) is 0.806. The lowest BCUT2D eigenvalue weighted by molar-refractivity contribution is 0.0950. The van der Waals surface area contributed by atoms with Gasteiger partial charge in [0.25, 0.3) is 5.91 Å². The van der Waals surface area contributed by atoms with Crippen LogP contribution in [0.25, 0.3) is 0 Å². The molecule has 0 saturated heterocycles. The predicted octanol–water partition coefficient (Wildman–Crippen LogP) is 1.18. The smallest absolute Gasteiger partial charge is 0.252 e. The zero-order chi connectivity index (χ0) is 9.42. The minimum Gasteiger partial charge on any atom is -0.348 e. The van der Waals surface area contributed by atoms with Crippen LogP contribution < -0.4 is 11.1 Å². The largest absolute Gasteiger partial charge is 0.348 e. The predicted molar refractivity (Wildman–Crippen MR) is 60.9 cm³/mol. The maximum Gasteiger partial charge on any atom is 0.252 e. The van der Waals surface area contributed by atoms with Gasteiger partial charge in [-0.25, -0.2) is 0 Å². The summed E-state index contributed by atoms with van der Waals surface area (Å²) in [5.74, 6) is -0.00267. The van der Waals surface area contributed by atoms with Gasteiger partial charge in [0.15, 0.2) is 0 Å². The van der Waals surface area contributed by atoms with E-state index in [0.29, 0.717) is 0 Å². The van der Waals surface area contributed by atoms with Crippen LogP contribution in [0.3, 0.4) is 0 Å². The molecule has 1 saturated carbocycles. The Morgan fingerprint density at radius 2 is 2.46 bits per heavy atom. The molecule has 0 aromatic carbocycles. The van der Waals surface area contributed by atoms with Crippen molar-refractivity contribution in [1.82, 2.24) is 5.32 Å². The molecule has 3 nitrogen and oxygen atoms in total. The second kappa shape index (κ2) is 3.55. The van der Waals surface area contributed by atoms with Gasteiger partial charge >= 0.3 is 0 Å². The van der Waals surface area contributed by atoms with Crippen molar-refractivity contribution < 1.29 is 4.79 Å².